The third-order valence-corrected chi connectivity index (χ3v) is 1.87. The summed E-state index contributed by atoms with van der Waals surface area (Å²) in [6, 6.07) is 0. The van der Waals surface area contributed by atoms with Crippen LogP contribution in [0.2, 0.25) is 0 Å². The normalized spacial score (nSPS) is 18.6. The van der Waals surface area contributed by atoms with E-state index in [1.54, 1.807) is 0 Å². The van der Waals surface area contributed by atoms with E-state index in [-0.39, 0.29) is 12.8 Å². The second-order valence-electron chi connectivity index (χ2n) is 2.87. The van der Waals surface area contributed by atoms with Gasteiger partial charge in [0.15, 0.2) is 6.10 Å². The van der Waals surface area contributed by atoms with Crippen LogP contribution in [0, 0.1) is 0 Å². The Morgan fingerprint density at radius 2 is 1.86 bits per heavy atom. The van der Waals surface area contributed by atoms with E-state index in [9.17, 15) is 14.4 Å². The highest BCUT2D eigenvalue weighted by Crippen LogP contribution is 2.12. The van der Waals surface area contributed by atoms with E-state index in [0.29, 0.717) is 5.06 Å². The summed E-state index contributed by atoms with van der Waals surface area (Å²) in [6.07, 6.45) is -0.614. The maximum Gasteiger partial charge on any atom is 0.361 e. The van der Waals surface area contributed by atoms with Crippen molar-refractivity contribution in [1.82, 2.24) is 5.06 Å². The molecule has 0 aromatic rings. The van der Waals surface area contributed by atoms with Gasteiger partial charge in [0.2, 0.25) is 0 Å². The number of amides is 2. The lowest BCUT2D eigenvalue weighted by molar-refractivity contribution is -0.203. The molecule has 0 aliphatic carbocycles. The predicted octanol–water partition coefficient (Wildman–Crippen LogP) is -0.372. The van der Waals surface area contributed by atoms with E-state index in [0.717, 1.165) is 0 Å². The standard InChI is InChI=1S/C8H11NO5/c1-5(13-2)8(12)14-9-6(10)3-4-7(9)11/h5H,3-4H2,1-2H3. The number of imide groups is 1. The van der Waals surface area contributed by atoms with E-state index in [2.05, 4.69) is 9.57 Å². The number of carbonyl (C=O) groups excluding carboxylic acids is 3. The molecule has 1 atom stereocenters. The highest BCUT2D eigenvalue weighted by molar-refractivity contribution is 6.01. The Balaban J connectivity index is 2.55. The quantitative estimate of drug-likeness (QED) is 0.582. The van der Waals surface area contributed by atoms with E-state index >= 15 is 0 Å². The van der Waals surface area contributed by atoms with Crippen LogP contribution in [0.15, 0.2) is 0 Å². The zero-order chi connectivity index (χ0) is 10.7. The maximum atomic E-state index is 11.1. The molecule has 1 aliphatic rings. The summed E-state index contributed by atoms with van der Waals surface area (Å²) >= 11 is 0. The predicted molar refractivity (Wildman–Crippen MR) is 43.7 cm³/mol. The van der Waals surface area contributed by atoms with Crippen LogP contribution in [0.25, 0.3) is 0 Å². The van der Waals surface area contributed by atoms with Crippen molar-refractivity contribution in [3.63, 3.8) is 0 Å². The molecule has 14 heavy (non-hydrogen) atoms. The largest absolute Gasteiger partial charge is 0.370 e. The van der Waals surface area contributed by atoms with Crippen LogP contribution < -0.4 is 0 Å². The van der Waals surface area contributed by atoms with Crippen LogP contribution in [0.4, 0.5) is 0 Å². The van der Waals surface area contributed by atoms with Gasteiger partial charge in [0, 0.05) is 20.0 Å². The third-order valence-electron chi connectivity index (χ3n) is 1.87. The number of carbonyl (C=O) groups is 3. The van der Waals surface area contributed by atoms with Gasteiger partial charge in [0.05, 0.1) is 0 Å². The Labute approximate surface area is 80.7 Å². The van der Waals surface area contributed by atoms with Crippen molar-refractivity contribution in [2.75, 3.05) is 7.11 Å². The van der Waals surface area contributed by atoms with Gasteiger partial charge in [-0.05, 0) is 6.92 Å². The van der Waals surface area contributed by atoms with Crippen LogP contribution in [0.1, 0.15) is 19.8 Å². The fourth-order valence-electron chi connectivity index (χ4n) is 0.918. The van der Waals surface area contributed by atoms with Crippen LogP contribution in [0.5, 0.6) is 0 Å². The second-order valence-corrected chi connectivity index (χ2v) is 2.87. The maximum absolute atomic E-state index is 11.1. The Morgan fingerprint density at radius 1 is 1.36 bits per heavy atom. The molecule has 2 amide bonds. The van der Waals surface area contributed by atoms with E-state index in [4.69, 9.17) is 0 Å². The van der Waals surface area contributed by atoms with E-state index in [1.807, 2.05) is 0 Å². The zero-order valence-corrected chi connectivity index (χ0v) is 7.98. The van der Waals surface area contributed by atoms with Crippen molar-refractivity contribution >= 4 is 17.8 Å². The summed E-state index contributed by atoms with van der Waals surface area (Å²) in [5.41, 5.74) is 0. The molecule has 1 rings (SSSR count). The summed E-state index contributed by atoms with van der Waals surface area (Å²) in [5.74, 6) is -1.74. The molecule has 0 aromatic heterocycles. The number of hydrogen-bond donors (Lipinski definition) is 0. The minimum absolute atomic E-state index is 0.0908. The van der Waals surface area contributed by atoms with Crippen molar-refractivity contribution in [3.05, 3.63) is 0 Å². The summed E-state index contributed by atoms with van der Waals surface area (Å²) in [6.45, 7) is 1.47. The van der Waals surface area contributed by atoms with Gasteiger partial charge in [-0.1, -0.05) is 0 Å². The lowest BCUT2D eigenvalue weighted by Crippen LogP contribution is -2.36. The zero-order valence-electron chi connectivity index (χ0n) is 7.98. The van der Waals surface area contributed by atoms with Gasteiger partial charge in [0.25, 0.3) is 11.8 Å². The monoisotopic (exact) mass is 201 g/mol. The highest BCUT2D eigenvalue weighted by Gasteiger charge is 2.33. The topological polar surface area (TPSA) is 72.9 Å². The second kappa shape index (κ2) is 4.19. The van der Waals surface area contributed by atoms with Gasteiger partial charge in [-0.3, -0.25) is 9.59 Å². The molecule has 0 radical (unpaired) electrons. The molecule has 78 valence electrons. The average molecular weight is 201 g/mol. The third kappa shape index (κ3) is 2.08. The summed E-state index contributed by atoms with van der Waals surface area (Å²) in [5, 5.41) is 0.498. The number of methoxy groups -OCH3 is 1. The summed E-state index contributed by atoms with van der Waals surface area (Å²) in [7, 11) is 1.33. The molecule has 1 aliphatic heterocycles. The molecule has 0 bridgehead atoms. The molecular weight excluding hydrogens is 190 g/mol. The summed E-state index contributed by atoms with van der Waals surface area (Å²) in [4.78, 5) is 37.7. The summed E-state index contributed by atoms with van der Waals surface area (Å²) < 4.78 is 4.67. The molecule has 1 fully saturated rings. The molecule has 1 heterocycles. The van der Waals surface area contributed by atoms with Crippen molar-refractivity contribution in [3.8, 4) is 0 Å². The van der Waals surface area contributed by atoms with Crippen LogP contribution >= 0.6 is 0 Å². The number of hydroxylamine groups is 2. The first-order valence-corrected chi connectivity index (χ1v) is 4.16. The fraction of sp³-hybridized carbons (Fsp3) is 0.625. The minimum atomic E-state index is -0.795. The SMILES string of the molecule is COC(C)C(=O)ON1C(=O)CCC1=O. The van der Waals surface area contributed by atoms with Crippen molar-refractivity contribution < 1.29 is 24.0 Å². The van der Waals surface area contributed by atoms with Gasteiger partial charge in [-0.2, -0.15) is 0 Å². The van der Waals surface area contributed by atoms with Crippen molar-refractivity contribution in [1.29, 1.82) is 0 Å². The Hall–Kier alpha value is -1.43. The van der Waals surface area contributed by atoms with Gasteiger partial charge in [-0.15, -0.1) is 5.06 Å². The average Bonchev–Trinajstić information content (AvgIpc) is 2.48. The molecule has 6 nitrogen and oxygen atoms in total. The fourth-order valence-corrected chi connectivity index (χ4v) is 0.918. The first-order chi connectivity index (χ1) is 6.56. The van der Waals surface area contributed by atoms with Gasteiger partial charge >= 0.3 is 5.97 Å². The van der Waals surface area contributed by atoms with Gasteiger partial charge in [0.1, 0.15) is 0 Å². The van der Waals surface area contributed by atoms with Crippen molar-refractivity contribution in [2.24, 2.45) is 0 Å². The van der Waals surface area contributed by atoms with Crippen LogP contribution in [-0.2, 0) is 24.0 Å². The number of ether oxygens (including phenoxy) is 1. The first kappa shape index (κ1) is 10.6. The number of nitrogens with zero attached hydrogens (tertiary/aromatic N) is 1. The molecule has 0 spiro atoms. The molecule has 0 aromatic carbocycles. The smallest absolute Gasteiger partial charge is 0.361 e. The Bertz CT molecular complexity index is 259. The molecule has 1 unspecified atom stereocenters. The van der Waals surface area contributed by atoms with Crippen LogP contribution in [0.3, 0.4) is 0 Å². The van der Waals surface area contributed by atoms with Crippen molar-refractivity contribution in [2.45, 2.75) is 25.9 Å². The van der Waals surface area contributed by atoms with Crippen LogP contribution in [-0.4, -0.2) is 36.1 Å². The van der Waals surface area contributed by atoms with E-state index < -0.39 is 23.9 Å². The van der Waals surface area contributed by atoms with Gasteiger partial charge < -0.3 is 9.57 Å². The first-order valence-electron chi connectivity index (χ1n) is 4.16. The Morgan fingerprint density at radius 3 is 2.29 bits per heavy atom. The Kier molecular flexibility index (Phi) is 3.19. The molecule has 0 saturated carbocycles. The van der Waals surface area contributed by atoms with Gasteiger partial charge in [-0.25, -0.2) is 4.79 Å². The minimum Gasteiger partial charge on any atom is -0.370 e. The lowest BCUT2D eigenvalue weighted by Gasteiger charge is -2.14. The number of rotatable bonds is 3. The number of hydrogen-bond acceptors (Lipinski definition) is 5. The molecule has 0 N–H and O–H groups in total. The molecule has 1 saturated heterocycles. The molecular formula is C8H11NO5. The molecule has 6 heteroatoms. The lowest BCUT2D eigenvalue weighted by atomic mass is 10.4. The highest BCUT2D eigenvalue weighted by atomic mass is 16.7. The van der Waals surface area contributed by atoms with E-state index in [1.165, 1.54) is 14.0 Å².